The maximum Gasteiger partial charge on any atom is 0.321 e. The number of benzene rings is 2. The number of carbonyl (C=O) groups is 1. The molecular weight excluding hydrogens is 400 g/mol. The first kappa shape index (κ1) is 20.5. The molecule has 0 spiro atoms. The van der Waals surface area contributed by atoms with Crippen molar-refractivity contribution < 1.29 is 4.79 Å². The van der Waals surface area contributed by atoms with Gasteiger partial charge in [-0.1, -0.05) is 30.3 Å². The molecule has 3 aromatic rings. The highest BCUT2D eigenvalue weighted by atomic mass is 16.2. The van der Waals surface area contributed by atoms with Gasteiger partial charge >= 0.3 is 6.03 Å². The smallest absolute Gasteiger partial charge is 0.321 e. The lowest BCUT2D eigenvalue weighted by atomic mass is 10.1. The van der Waals surface area contributed by atoms with Crippen molar-refractivity contribution >= 4 is 34.3 Å². The van der Waals surface area contributed by atoms with Crippen LogP contribution in [-0.2, 0) is 0 Å². The quantitative estimate of drug-likeness (QED) is 0.672. The van der Waals surface area contributed by atoms with E-state index in [1.807, 2.05) is 42.2 Å². The first-order chi connectivity index (χ1) is 15.7. The van der Waals surface area contributed by atoms with E-state index >= 15 is 0 Å². The zero-order valence-electron chi connectivity index (χ0n) is 18.6. The Morgan fingerprint density at radius 3 is 2.34 bits per heavy atom. The lowest BCUT2D eigenvalue weighted by molar-refractivity contribution is 0.208. The molecule has 2 aromatic carbocycles. The molecule has 7 nitrogen and oxygen atoms in total. The normalized spacial score (nSPS) is 17.0. The zero-order chi connectivity index (χ0) is 21.9. The number of piperidine rings is 1. The second kappa shape index (κ2) is 9.02. The predicted octanol–water partition coefficient (Wildman–Crippen LogP) is 4.28. The molecule has 0 saturated carbocycles. The summed E-state index contributed by atoms with van der Waals surface area (Å²) in [7, 11) is 0. The van der Waals surface area contributed by atoms with E-state index in [2.05, 4.69) is 38.3 Å². The van der Waals surface area contributed by atoms with Crippen molar-refractivity contribution in [2.24, 2.45) is 0 Å². The van der Waals surface area contributed by atoms with Crippen molar-refractivity contribution in [1.82, 2.24) is 14.9 Å². The summed E-state index contributed by atoms with van der Waals surface area (Å²) in [6.45, 7) is 6.93. The minimum absolute atomic E-state index is 0.0564. The highest BCUT2D eigenvalue weighted by molar-refractivity contribution is 5.93. The van der Waals surface area contributed by atoms with Gasteiger partial charge in [-0.25, -0.2) is 9.78 Å². The Balaban J connectivity index is 1.21. The van der Waals surface area contributed by atoms with Gasteiger partial charge in [0.05, 0.1) is 0 Å². The van der Waals surface area contributed by atoms with Crippen LogP contribution in [0.15, 0.2) is 48.5 Å². The highest BCUT2D eigenvalue weighted by Gasteiger charge is 2.24. The average Bonchev–Trinajstić information content (AvgIpc) is 2.84. The molecule has 3 heterocycles. The largest absolute Gasteiger partial charge is 0.356 e. The molecule has 5 rings (SSSR count). The van der Waals surface area contributed by atoms with Crippen LogP contribution in [0, 0.1) is 6.92 Å². The van der Waals surface area contributed by atoms with Crippen LogP contribution >= 0.6 is 0 Å². The number of aryl methyl sites for hydroxylation is 1. The Labute approximate surface area is 189 Å². The van der Waals surface area contributed by atoms with Crippen molar-refractivity contribution in [2.45, 2.75) is 26.2 Å². The number of urea groups is 1. The van der Waals surface area contributed by atoms with Crippen LogP contribution in [0.1, 0.15) is 25.0 Å². The summed E-state index contributed by atoms with van der Waals surface area (Å²) in [5.74, 6) is 1.81. The number of rotatable bonds is 3. The average molecular weight is 431 g/mol. The molecule has 2 fully saturated rings. The number of hydrogen-bond donors (Lipinski definition) is 1. The van der Waals surface area contributed by atoms with E-state index in [0.717, 1.165) is 54.7 Å². The molecule has 0 unspecified atom stereocenters. The summed E-state index contributed by atoms with van der Waals surface area (Å²) >= 11 is 0. The molecule has 0 aliphatic carbocycles. The molecule has 2 amide bonds. The summed E-state index contributed by atoms with van der Waals surface area (Å²) in [5, 5.41) is 5.34. The van der Waals surface area contributed by atoms with Gasteiger partial charge in [0.25, 0.3) is 0 Å². The van der Waals surface area contributed by atoms with Crippen molar-refractivity contribution in [2.75, 3.05) is 54.4 Å². The Bertz CT molecular complexity index is 1100. The fraction of sp³-hybridized carbons (Fsp3) is 0.400. The Kier molecular flexibility index (Phi) is 5.79. The van der Waals surface area contributed by atoms with E-state index in [-0.39, 0.29) is 6.03 Å². The van der Waals surface area contributed by atoms with Crippen molar-refractivity contribution in [3.8, 4) is 0 Å². The Morgan fingerprint density at radius 2 is 1.56 bits per heavy atom. The van der Waals surface area contributed by atoms with Crippen LogP contribution in [0.3, 0.4) is 0 Å². The Morgan fingerprint density at radius 1 is 0.812 bits per heavy atom. The van der Waals surface area contributed by atoms with E-state index in [1.54, 1.807) is 0 Å². The van der Waals surface area contributed by atoms with Gasteiger partial charge in [0, 0.05) is 56.7 Å². The molecule has 0 bridgehead atoms. The van der Waals surface area contributed by atoms with E-state index in [0.29, 0.717) is 13.1 Å². The second-order valence-electron chi connectivity index (χ2n) is 8.68. The molecule has 32 heavy (non-hydrogen) atoms. The maximum absolute atomic E-state index is 12.8. The maximum atomic E-state index is 12.8. The number of nitrogens with zero attached hydrogens (tertiary/aromatic N) is 5. The molecular formula is C25H30N6O. The molecule has 166 valence electrons. The molecule has 1 aromatic heterocycles. The third-order valence-corrected chi connectivity index (χ3v) is 6.36. The third-order valence-electron chi connectivity index (χ3n) is 6.36. The SMILES string of the molecule is Cc1cc(N2CCCCC2)nc(N2CCN(C(=O)Nc3ccc4ccccc4c3)CC2)n1. The van der Waals surface area contributed by atoms with Gasteiger partial charge in [0.1, 0.15) is 5.82 Å². The topological polar surface area (TPSA) is 64.6 Å². The monoisotopic (exact) mass is 430 g/mol. The lowest BCUT2D eigenvalue weighted by Crippen LogP contribution is -2.50. The van der Waals surface area contributed by atoms with Gasteiger partial charge in [-0.3, -0.25) is 0 Å². The number of anilines is 3. The van der Waals surface area contributed by atoms with E-state index < -0.39 is 0 Å². The van der Waals surface area contributed by atoms with Gasteiger partial charge in [-0.2, -0.15) is 4.98 Å². The molecule has 0 radical (unpaired) electrons. The number of nitrogens with one attached hydrogen (secondary N) is 1. The molecule has 0 atom stereocenters. The molecule has 2 aliphatic heterocycles. The number of fused-ring (bicyclic) bond motifs is 1. The first-order valence-corrected chi connectivity index (χ1v) is 11.6. The molecule has 2 saturated heterocycles. The minimum atomic E-state index is -0.0564. The van der Waals surface area contributed by atoms with Crippen LogP contribution in [-0.4, -0.2) is 60.2 Å². The second-order valence-corrected chi connectivity index (χ2v) is 8.68. The molecule has 1 N–H and O–H groups in total. The van der Waals surface area contributed by atoms with Gasteiger partial charge in [0.2, 0.25) is 5.95 Å². The fourth-order valence-corrected chi connectivity index (χ4v) is 4.54. The number of hydrogen-bond acceptors (Lipinski definition) is 5. The van der Waals surface area contributed by atoms with Crippen LogP contribution in [0.4, 0.5) is 22.2 Å². The summed E-state index contributed by atoms with van der Waals surface area (Å²) in [4.78, 5) is 28.8. The lowest BCUT2D eigenvalue weighted by Gasteiger charge is -2.35. The number of carbonyl (C=O) groups excluding carboxylic acids is 1. The number of amides is 2. The van der Waals surface area contributed by atoms with Crippen LogP contribution in [0.25, 0.3) is 10.8 Å². The zero-order valence-corrected chi connectivity index (χ0v) is 18.6. The van der Waals surface area contributed by atoms with Gasteiger partial charge < -0.3 is 20.0 Å². The fourth-order valence-electron chi connectivity index (χ4n) is 4.54. The minimum Gasteiger partial charge on any atom is -0.356 e. The van der Waals surface area contributed by atoms with E-state index in [1.165, 1.54) is 24.6 Å². The highest BCUT2D eigenvalue weighted by Crippen LogP contribution is 2.23. The standard InChI is InChI=1S/C25H30N6O/c1-19-17-23(29-11-5-2-6-12-29)28-24(26-19)30-13-15-31(16-14-30)25(32)27-22-10-9-20-7-3-4-8-21(20)18-22/h3-4,7-10,17-18H,2,5-6,11-16H2,1H3,(H,27,32). The summed E-state index contributed by atoms with van der Waals surface area (Å²) in [5.41, 5.74) is 1.82. The van der Waals surface area contributed by atoms with Gasteiger partial charge in [-0.05, 0) is 49.1 Å². The van der Waals surface area contributed by atoms with Crippen LogP contribution in [0.5, 0.6) is 0 Å². The van der Waals surface area contributed by atoms with Crippen LogP contribution in [0.2, 0.25) is 0 Å². The van der Waals surface area contributed by atoms with Crippen LogP contribution < -0.4 is 15.1 Å². The van der Waals surface area contributed by atoms with Crippen molar-refractivity contribution in [3.63, 3.8) is 0 Å². The number of aromatic nitrogens is 2. The van der Waals surface area contributed by atoms with Gasteiger partial charge in [0.15, 0.2) is 0 Å². The first-order valence-electron chi connectivity index (χ1n) is 11.6. The predicted molar refractivity (Wildman–Crippen MR) is 130 cm³/mol. The van der Waals surface area contributed by atoms with E-state index in [9.17, 15) is 4.79 Å². The molecule has 7 heteroatoms. The van der Waals surface area contributed by atoms with E-state index in [4.69, 9.17) is 4.98 Å². The van der Waals surface area contributed by atoms with Crippen molar-refractivity contribution in [1.29, 1.82) is 0 Å². The molecule has 2 aliphatic rings. The summed E-state index contributed by atoms with van der Waals surface area (Å²) < 4.78 is 0. The third kappa shape index (κ3) is 4.47. The Hall–Kier alpha value is -3.35. The summed E-state index contributed by atoms with van der Waals surface area (Å²) in [6, 6.07) is 16.2. The van der Waals surface area contributed by atoms with Gasteiger partial charge in [-0.15, -0.1) is 0 Å². The summed E-state index contributed by atoms with van der Waals surface area (Å²) in [6.07, 6.45) is 3.75. The van der Waals surface area contributed by atoms with Crippen molar-refractivity contribution in [3.05, 3.63) is 54.2 Å². The number of piperazine rings is 1.